The van der Waals surface area contributed by atoms with Gasteiger partial charge in [0, 0.05) is 18.0 Å². The minimum atomic E-state index is 0.219. The highest BCUT2D eigenvalue weighted by atomic mass is 32.2. The first-order valence-corrected chi connectivity index (χ1v) is 8.17. The van der Waals surface area contributed by atoms with Gasteiger partial charge in [0.2, 0.25) is 5.91 Å². The summed E-state index contributed by atoms with van der Waals surface area (Å²) in [6.45, 7) is 5.58. The summed E-state index contributed by atoms with van der Waals surface area (Å²) in [5.74, 6) is 0.857. The van der Waals surface area contributed by atoms with Crippen molar-refractivity contribution >= 4 is 29.0 Å². The molecule has 1 aliphatic heterocycles. The molecule has 0 saturated carbocycles. The van der Waals surface area contributed by atoms with Gasteiger partial charge in [0.05, 0.1) is 11.9 Å². The predicted molar refractivity (Wildman–Crippen MR) is 76.9 cm³/mol. The van der Waals surface area contributed by atoms with Gasteiger partial charge in [-0.3, -0.25) is 4.79 Å². The van der Waals surface area contributed by atoms with Crippen LogP contribution in [0.25, 0.3) is 0 Å². The molecule has 0 aliphatic carbocycles. The predicted octanol–water partition coefficient (Wildman–Crippen LogP) is 3.14. The van der Waals surface area contributed by atoms with E-state index in [4.69, 9.17) is 4.74 Å². The Bertz CT molecular complexity index is 378. The van der Waals surface area contributed by atoms with Crippen LogP contribution in [0.3, 0.4) is 0 Å². The van der Waals surface area contributed by atoms with E-state index in [0.29, 0.717) is 5.75 Å². The highest BCUT2D eigenvalue weighted by Gasteiger charge is 2.32. The molecule has 18 heavy (non-hydrogen) atoms. The van der Waals surface area contributed by atoms with Crippen molar-refractivity contribution in [1.29, 1.82) is 0 Å². The standard InChI is InChI=1S/C13H19NO2S2/c1-10(2)16-7-4-6-14-12(15)9-18-13(14)11-5-3-8-17-11/h3,5,8,10,13H,4,6-7,9H2,1-2H3. The lowest BCUT2D eigenvalue weighted by Gasteiger charge is -2.23. The zero-order valence-corrected chi connectivity index (χ0v) is 12.4. The number of nitrogens with zero attached hydrogens (tertiary/aromatic N) is 1. The number of amides is 1. The molecule has 1 atom stereocenters. The van der Waals surface area contributed by atoms with E-state index in [0.717, 1.165) is 19.6 Å². The van der Waals surface area contributed by atoms with E-state index in [2.05, 4.69) is 11.4 Å². The molecule has 1 aromatic heterocycles. The average Bonchev–Trinajstić information content (AvgIpc) is 2.94. The van der Waals surface area contributed by atoms with E-state index in [-0.39, 0.29) is 17.4 Å². The summed E-state index contributed by atoms with van der Waals surface area (Å²) in [5.41, 5.74) is 0. The molecule has 1 saturated heterocycles. The zero-order valence-electron chi connectivity index (χ0n) is 10.8. The average molecular weight is 285 g/mol. The van der Waals surface area contributed by atoms with Gasteiger partial charge in [-0.15, -0.1) is 23.1 Å². The van der Waals surface area contributed by atoms with Gasteiger partial charge < -0.3 is 9.64 Å². The molecule has 1 unspecified atom stereocenters. The van der Waals surface area contributed by atoms with E-state index < -0.39 is 0 Å². The largest absolute Gasteiger partial charge is 0.379 e. The molecule has 0 radical (unpaired) electrons. The molecule has 0 aromatic carbocycles. The van der Waals surface area contributed by atoms with Crippen LogP contribution in [0.2, 0.25) is 0 Å². The first-order chi connectivity index (χ1) is 8.68. The van der Waals surface area contributed by atoms with E-state index in [9.17, 15) is 4.79 Å². The van der Waals surface area contributed by atoms with Crippen molar-refractivity contribution in [3.8, 4) is 0 Å². The number of rotatable bonds is 6. The van der Waals surface area contributed by atoms with Crippen LogP contribution in [0, 0.1) is 0 Å². The fourth-order valence-electron chi connectivity index (χ4n) is 1.92. The van der Waals surface area contributed by atoms with E-state index in [1.54, 1.807) is 23.1 Å². The Morgan fingerprint density at radius 3 is 3.06 bits per heavy atom. The number of thiophene rings is 1. The van der Waals surface area contributed by atoms with Gasteiger partial charge in [-0.25, -0.2) is 0 Å². The molecule has 0 bridgehead atoms. The molecule has 1 aliphatic rings. The number of carbonyl (C=O) groups is 1. The molecule has 0 N–H and O–H groups in total. The SMILES string of the molecule is CC(C)OCCCN1C(=O)CSC1c1cccs1. The van der Waals surface area contributed by atoms with Crippen LogP contribution >= 0.6 is 23.1 Å². The monoisotopic (exact) mass is 285 g/mol. The quantitative estimate of drug-likeness (QED) is 0.752. The smallest absolute Gasteiger partial charge is 0.233 e. The third-order valence-corrected chi connectivity index (χ3v) is 5.06. The summed E-state index contributed by atoms with van der Waals surface area (Å²) in [5, 5.41) is 2.29. The Kier molecular flexibility index (Phi) is 5.09. The number of carbonyl (C=O) groups excluding carboxylic acids is 1. The maximum absolute atomic E-state index is 11.9. The summed E-state index contributed by atoms with van der Waals surface area (Å²) in [4.78, 5) is 15.1. The zero-order chi connectivity index (χ0) is 13.0. The van der Waals surface area contributed by atoms with Crippen molar-refractivity contribution < 1.29 is 9.53 Å². The second kappa shape index (κ2) is 6.59. The highest BCUT2D eigenvalue weighted by molar-refractivity contribution is 8.00. The number of hydrogen-bond acceptors (Lipinski definition) is 4. The molecular weight excluding hydrogens is 266 g/mol. The fourth-order valence-corrected chi connectivity index (χ4v) is 4.12. The summed E-state index contributed by atoms with van der Waals surface area (Å²) in [7, 11) is 0. The van der Waals surface area contributed by atoms with Crippen molar-refractivity contribution in [2.75, 3.05) is 18.9 Å². The van der Waals surface area contributed by atoms with Crippen molar-refractivity contribution in [1.82, 2.24) is 4.90 Å². The fraction of sp³-hybridized carbons (Fsp3) is 0.615. The van der Waals surface area contributed by atoms with Gasteiger partial charge >= 0.3 is 0 Å². The third-order valence-electron chi connectivity index (χ3n) is 2.75. The Morgan fingerprint density at radius 1 is 1.56 bits per heavy atom. The molecule has 1 amide bonds. The number of ether oxygens (including phenoxy) is 1. The Balaban J connectivity index is 1.86. The minimum Gasteiger partial charge on any atom is -0.379 e. The van der Waals surface area contributed by atoms with Crippen molar-refractivity contribution in [2.45, 2.75) is 31.7 Å². The number of thioether (sulfide) groups is 1. The molecule has 2 heterocycles. The van der Waals surface area contributed by atoms with Crippen LogP contribution in [-0.2, 0) is 9.53 Å². The summed E-state index contributed by atoms with van der Waals surface area (Å²) in [6.07, 6.45) is 1.17. The molecule has 1 fully saturated rings. The Morgan fingerprint density at radius 2 is 2.39 bits per heavy atom. The second-order valence-electron chi connectivity index (χ2n) is 4.54. The van der Waals surface area contributed by atoms with Crippen LogP contribution < -0.4 is 0 Å². The second-order valence-corrected chi connectivity index (χ2v) is 6.59. The van der Waals surface area contributed by atoms with Crippen molar-refractivity contribution in [3.05, 3.63) is 22.4 Å². The molecule has 0 spiro atoms. The number of hydrogen-bond donors (Lipinski definition) is 0. The lowest BCUT2D eigenvalue weighted by molar-refractivity contribution is -0.128. The normalized spacial score (nSPS) is 20.1. The molecule has 100 valence electrons. The summed E-state index contributed by atoms with van der Waals surface area (Å²) >= 11 is 3.45. The first kappa shape index (κ1) is 13.9. The Hall–Kier alpha value is -0.520. The van der Waals surface area contributed by atoms with Crippen LogP contribution in [0.4, 0.5) is 0 Å². The topological polar surface area (TPSA) is 29.5 Å². The Labute approximate surface area is 117 Å². The molecular formula is C13H19NO2S2. The summed E-state index contributed by atoms with van der Waals surface area (Å²) < 4.78 is 5.52. The van der Waals surface area contributed by atoms with Gasteiger partial charge in [0.25, 0.3) is 0 Å². The molecule has 2 rings (SSSR count). The van der Waals surface area contributed by atoms with E-state index >= 15 is 0 Å². The van der Waals surface area contributed by atoms with Crippen LogP contribution in [0.5, 0.6) is 0 Å². The van der Waals surface area contributed by atoms with Crippen LogP contribution in [0.15, 0.2) is 17.5 Å². The van der Waals surface area contributed by atoms with Gasteiger partial charge in [-0.2, -0.15) is 0 Å². The van der Waals surface area contributed by atoms with Gasteiger partial charge in [-0.1, -0.05) is 6.07 Å². The highest BCUT2D eigenvalue weighted by Crippen LogP contribution is 2.40. The van der Waals surface area contributed by atoms with E-state index in [1.807, 2.05) is 24.8 Å². The molecule has 5 heteroatoms. The lowest BCUT2D eigenvalue weighted by Crippen LogP contribution is -2.29. The maximum atomic E-state index is 11.9. The van der Waals surface area contributed by atoms with Gasteiger partial charge in [0.15, 0.2) is 0 Å². The van der Waals surface area contributed by atoms with Gasteiger partial charge in [0.1, 0.15) is 5.37 Å². The minimum absolute atomic E-state index is 0.219. The molecule has 3 nitrogen and oxygen atoms in total. The van der Waals surface area contributed by atoms with Crippen molar-refractivity contribution in [3.63, 3.8) is 0 Å². The lowest BCUT2D eigenvalue weighted by atomic mass is 10.3. The third kappa shape index (κ3) is 3.49. The summed E-state index contributed by atoms with van der Waals surface area (Å²) in [6, 6.07) is 4.15. The maximum Gasteiger partial charge on any atom is 0.233 e. The van der Waals surface area contributed by atoms with Crippen molar-refractivity contribution in [2.24, 2.45) is 0 Å². The van der Waals surface area contributed by atoms with Gasteiger partial charge in [-0.05, 0) is 31.7 Å². The van der Waals surface area contributed by atoms with E-state index in [1.165, 1.54) is 4.88 Å². The van der Waals surface area contributed by atoms with Crippen LogP contribution in [0.1, 0.15) is 30.5 Å². The molecule has 1 aromatic rings. The van der Waals surface area contributed by atoms with Crippen LogP contribution in [-0.4, -0.2) is 35.8 Å². The first-order valence-electron chi connectivity index (χ1n) is 6.24.